The number of fused-ring (bicyclic) bond motifs is 1. The van der Waals surface area contributed by atoms with E-state index in [2.05, 4.69) is 25.2 Å². The molecule has 5 rings (SSSR count). The second kappa shape index (κ2) is 11.0. The predicted molar refractivity (Wildman–Crippen MR) is 147 cm³/mol. The van der Waals surface area contributed by atoms with Gasteiger partial charge in [0, 0.05) is 80.9 Å². The first-order valence-electron chi connectivity index (χ1n) is 12.4. The third-order valence-corrected chi connectivity index (χ3v) is 6.74. The number of aromatic nitrogens is 2. The summed E-state index contributed by atoms with van der Waals surface area (Å²) in [4.78, 5) is 30.6. The molecule has 4 heterocycles. The summed E-state index contributed by atoms with van der Waals surface area (Å²) in [6.45, 7) is 5.37. The number of pyridine rings is 2. The highest BCUT2D eigenvalue weighted by Gasteiger charge is 2.24. The summed E-state index contributed by atoms with van der Waals surface area (Å²) in [5.41, 5.74) is 15.2. The number of nitrogens with zero attached hydrogens (tertiary/aromatic N) is 5. The van der Waals surface area contributed by atoms with Crippen LogP contribution in [0.3, 0.4) is 0 Å². The van der Waals surface area contributed by atoms with E-state index >= 15 is 0 Å². The minimum atomic E-state index is -0.245. The Morgan fingerprint density at radius 1 is 1.14 bits per heavy atom. The Morgan fingerprint density at radius 2 is 1.95 bits per heavy atom. The fourth-order valence-corrected chi connectivity index (χ4v) is 4.60. The Balaban J connectivity index is 1.34. The molecule has 0 radical (unpaired) electrons. The number of aliphatic imine (C=N–C) groups is 1. The summed E-state index contributed by atoms with van der Waals surface area (Å²) in [5, 5.41) is 4.81. The number of hydrogen-bond acceptors (Lipinski definition) is 9. The molecule has 0 bridgehead atoms. The first-order chi connectivity index (χ1) is 18.0. The molecule has 2 fully saturated rings. The number of nitrogens with two attached hydrogens (primary N) is 2. The number of amides is 1. The Kier molecular flexibility index (Phi) is 7.40. The molecule has 2 aromatic heterocycles. The summed E-state index contributed by atoms with van der Waals surface area (Å²) in [7, 11) is 1.79. The van der Waals surface area contributed by atoms with E-state index in [1.165, 1.54) is 0 Å². The van der Waals surface area contributed by atoms with E-state index < -0.39 is 0 Å². The van der Waals surface area contributed by atoms with Crippen molar-refractivity contribution in [3.63, 3.8) is 0 Å². The second-order valence-corrected chi connectivity index (χ2v) is 9.29. The number of nitrogens with one attached hydrogen (secondary N) is 1. The lowest BCUT2D eigenvalue weighted by Crippen LogP contribution is -2.56. The van der Waals surface area contributed by atoms with Gasteiger partial charge in [-0.25, -0.2) is 9.97 Å². The molecule has 3 aromatic rings. The topological polar surface area (TPSA) is 135 Å². The van der Waals surface area contributed by atoms with Gasteiger partial charge in [-0.15, -0.1) is 0 Å². The minimum absolute atomic E-state index is 0.152. The van der Waals surface area contributed by atoms with Crippen molar-refractivity contribution in [2.75, 3.05) is 63.2 Å². The maximum absolute atomic E-state index is 13.0. The van der Waals surface area contributed by atoms with Gasteiger partial charge in [-0.2, -0.15) is 0 Å². The van der Waals surface area contributed by atoms with Gasteiger partial charge in [0.15, 0.2) is 0 Å². The summed E-state index contributed by atoms with van der Waals surface area (Å²) >= 11 is 0. The van der Waals surface area contributed by atoms with E-state index in [4.69, 9.17) is 16.2 Å². The lowest BCUT2D eigenvalue weighted by atomic mass is 9.98. The molecule has 0 saturated carbocycles. The van der Waals surface area contributed by atoms with Gasteiger partial charge in [0.25, 0.3) is 5.91 Å². The van der Waals surface area contributed by atoms with Crippen LogP contribution in [0.25, 0.3) is 16.3 Å². The van der Waals surface area contributed by atoms with Crippen molar-refractivity contribution in [2.45, 2.75) is 6.04 Å². The third kappa shape index (κ3) is 5.61. The zero-order valence-corrected chi connectivity index (χ0v) is 20.9. The Morgan fingerprint density at radius 3 is 2.68 bits per heavy atom. The van der Waals surface area contributed by atoms with Crippen molar-refractivity contribution < 1.29 is 9.53 Å². The van der Waals surface area contributed by atoms with Crippen LogP contribution in [0, 0.1) is 0 Å². The normalized spacial score (nSPS) is 17.6. The van der Waals surface area contributed by atoms with Crippen molar-refractivity contribution in [1.29, 1.82) is 0 Å². The molecular weight excluding hydrogens is 468 g/mol. The Hall–Kier alpha value is -3.86. The minimum Gasteiger partial charge on any atom is -0.404 e. The standard InChI is InChI=1S/C27H32N8O2/c1-30-24(17-34-6-8-37-9-7-34)23(13-28)18-2-3-20-14-32-25(11-21(20)10-18)33-27(36)19-4-5-31-26(12-19)35-15-22(29)16-35/h2-5,10-14,22H,6-9,15-17,28-29H2,1H3,(H,32,33,36). The van der Waals surface area contributed by atoms with Gasteiger partial charge in [-0.1, -0.05) is 12.1 Å². The molecule has 10 heteroatoms. The van der Waals surface area contributed by atoms with Crippen LogP contribution >= 0.6 is 0 Å². The number of hydrogen-bond donors (Lipinski definition) is 3. The molecule has 2 aliphatic rings. The molecule has 0 unspecified atom stereocenters. The van der Waals surface area contributed by atoms with Crippen molar-refractivity contribution in [1.82, 2.24) is 14.9 Å². The molecule has 192 valence electrons. The van der Waals surface area contributed by atoms with Crippen molar-refractivity contribution in [3.05, 3.63) is 66.1 Å². The highest BCUT2D eigenvalue weighted by Crippen LogP contribution is 2.25. The third-order valence-electron chi connectivity index (χ3n) is 6.74. The first kappa shape index (κ1) is 24.8. The monoisotopic (exact) mass is 500 g/mol. The number of benzene rings is 1. The van der Waals surface area contributed by atoms with Crippen LogP contribution in [0.5, 0.6) is 0 Å². The number of rotatable bonds is 7. The number of ether oxygens (including phenoxy) is 1. The van der Waals surface area contributed by atoms with Crippen LogP contribution in [-0.4, -0.2) is 85.5 Å². The summed E-state index contributed by atoms with van der Waals surface area (Å²) in [5.74, 6) is 0.969. The zero-order valence-electron chi connectivity index (χ0n) is 20.9. The Labute approximate surface area is 216 Å². The van der Waals surface area contributed by atoms with Crippen LogP contribution in [0.2, 0.25) is 0 Å². The van der Waals surface area contributed by atoms with E-state index in [1.807, 2.05) is 29.2 Å². The molecule has 1 amide bonds. The maximum atomic E-state index is 13.0. The largest absolute Gasteiger partial charge is 0.404 e. The number of anilines is 2. The van der Waals surface area contributed by atoms with Gasteiger partial charge in [-0.3, -0.25) is 14.7 Å². The molecule has 0 atom stereocenters. The average Bonchev–Trinajstić information content (AvgIpc) is 2.91. The van der Waals surface area contributed by atoms with E-state index in [9.17, 15) is 4.79 Å². The molecule has 1 aromatic carbocycles. The second-order valence-electron chi connectivity index (χ2n) is 9.29. The smallest absolute Gasteiger partial charge is 0.257 e. The van der Waals surface area contributed by atoms with E-state index in [0.717, 1.165) is 72.8 Å². The van der Waals surface area contributed by atoms with Crippen LogP contribution in [0.4, 0.5) is 11.6 Å². The van der Waals surface area contributed by atoms with Crippen LogP contribution in [0.15, 0.2) is 60.0 Å². The fourth-order valence-electron chi connectivity index (χ4n) is 4.60. The predicted octanol–water partition coefficient (Wildman–Crippen LogP) is 1.73. The van der Waals surface area contributed by atoms with Crippen LogP contribution in [0.1, 0.15) is 15.9 Å². The number of carbonyl (C=O) groups is 1. The van der Waals surface area contributed by atoms with Gasteiger partial charge in [-0.05, 0) is 35.2 Å². The lowest BCUT2D eigenvalue weighted by Gasteiger charge is -2.37. The summed E-state index contributed by atoms with van der Waals surface area (Å²) in [6, 6.07) is 11.6. The Bertz CT molecular complexity index is 1340. The highest BCUT2D eigenvalue weighted by molar-refractivity contribution is 6.25. The molecule has 37 heavy (non-hydrogen) atoms. The molecular formula is C27H32N8O2. The van der Waals surface area contributed by atoms with Crippen LogP contribution < -0.4 is 21.7 Å². The van der Waals surface area contributed by atoms with Crippen molar-refractivity contribution >= 4 is 39.6 Å². The van der Waals surface area contributed by atoms with E-state index in [1.54, 1.807) is 37.8 Å². The summed E-state index contributed by atoms with van der Waals surface area (Å²) < 4.78 is 5.46. The fraction of sp³-hybridized carbons (Fsp3) is 0.333. The average molecular weight is 501 g/mol. The molecule has 2 saturated heterocycles. The quantitative estimate of drug-likeness (QED) is 0.418. The van der Waals surface area contributed by atoms with Gasteiger partial charge in [0.2, 0.25) is 0 Å². The molecule has 0 aliphatic carbocycles. The molecule has 10 nitrogen and oxygen atoms in total. The number of morpholine rings is 1. The van der Waals surface area contributed by atoms with E-state index in [0.29, 0.717) is 17.9 Å². The maximum Gasteiger partial charge on any atom is 0.257 e. The van der Waals surface area contributed by atoms with Gasteiger partial charge >= 0.3 is 0 Å². The number of carbonyl (C=O) groups excluding carboxylic acids is 1. The van der Waals surface area contributed by atoms with E-state index in [-0.39, 0.29) is 11.9 Å². The summed E-state index contributed by atoms with van der Waals surface area (Å²) in [6.07, 6.45) is 5.00. The molecule has 0 spiro atoms. The SMILES string of the molecule is CN=C(CN1CCOCC1)C(=CN)c1ccc2cnc(NC(=O)c3ccnc(N4CC(N)C4)c3)cc2c1. The zero-order chi connectivity index (χ0) is 25.8. The first-order valence-corrected chi connectivity index (χ1v) is 12.4. The lowest BCUT2D eigenvalue weighted by molar-refractivity contribution is 0.0454. The van der Waals surface area contributed by atoms with Crippen molar-refractivity contribution in [3.8, 4) is 0 Å². The van der Waals surface area contributed by atoms with Crippen LogP contribution in [-0.2, 0) is 4.74 Å². The molecule has 5 N–H and O–H groups in total. The molecule has 2 aliphatic heterocycles. The van der Waals surface area contributed by atoms with Gasteiger partial charge < -0.3 is 26.4 Å². The van der Waals surface area contributed by atoms with Gasteiger partial charge in [0.05, 0.1) is 18.9 Å². The van der Waals surface area contributed by atoms with Crippen molar-refractivity contribution in [2.24, 2.45) is 16.5 Å². The van der Waals surface area contributed by atoms with Gasteiger partial charge in [0.1, 0.15) is 11.6 Å². The highest BCUT2D eigenvalue weighted by atomic mass is 16.5.